The molecule has 0 fully saturated rings. The molecular formula is C18H23ClIN3O. The molecule has 0 aliphatic rings. The number of ether oxygens (including phenoxy) is 1. The molecule has 2 aromatic carbocycles. The van der Waals surface area contributed by atoms with Gasteiger partial charge in [0.05, 0.1) is 13.2 Å². The lowest BCUT2D eigenvalue weighted by atomic mass is 10.2. The molecule has 4 nitrogen and oxygen atoms in total. The number of benzene rings is 2. The van der Waals surface area contributed by atoms with Crippen LogP contribution in [0.2, 0.25) is 5.02 Å². The molecule has 0 aliphatic heterocycles. The predicted molar refractivity (Wildman–Crippen MR) is 111 cm³/mol. The van der Waals surface area contributed by atoms with E-state index >= 15 is 0 Å². The van der Waals surface area contributed by atoms with Gasteiger partial charge in [-0.25, -0.2) is 0 Å². The summed E-state index contributed by atoms with van der Waals surface area (Å²) in [6.45, 7) is 2.55. The van der Waals surface area contributed by atoms with E-state index in [4.69, 9.17) is 16.3 Å². The summed E-state index contributed by atoms with van der Waals surface area (Å²) >= 11 is 6.13. The van der Waals surface area contributed by atoms with Crippen molar-refractivity contribution in [3.05, 3.63) is 70.7 Å². The van der Waals surface area contributed by atoms with Crippen molar-refractivity contribution in [2.45, 2.75) is 13.2 Å². The average Bonchev–Trinajstić information content (AvgIpc) is 2.59. The lowest BCUT2D eigenvalue weighted by Gasteiger charge is -2.12. The van der Waals surface area contributed by atoms with Crippen molar-refractivity contribution < 1.29 is 4.74 Å². The van der Waals surface area contributed by atoms with Crippen LogP contribution in [-0.4, -0.2) is 26.2 Å². The van der Waals surface area contributed by atoms with Gasteiger partial charge in [0.25, 0.3) is 0 Å². The number of nitrogens with one attached hydrogen (secondary N) is 2. The molecule has 0 bridgehead atoms. The Morgan fingerprint density at radius 2 is 1.75 bits per heavy atom. The van der Waals surface area contributed by atoms with E-state index in [0.717, 1.165) is 16.5 Å². The summed E-state index contributed by atoms with van der Waals surface area (Å²) in [5.41, 5.74) is 2.21. The molecule has 2 N–H and O–H groups in total. The highest BCUT2D eigenvalue weighted by Gasteiger charge is 2.01. The van der Waals surface area contributed by atoms with E-state index in [0.29, 0.717) is 26.3 Å². The molecule has 0 heterocycles. The van der Waals surface area contributed by atoms with E-state index in [-0.39, 0.29) is 24.0 Å². The van der Waals surface area contributed by atoms with Crippen LogP contribution in [0, 0.1) is 0 Å². The molecule has 0 aromatic heterocycles. The third-order valence-electron chi connectivity index (χ3n) is 3.28. The molecule has 0 spiro atoms. The normalized spacial score (nSPS) is 10.8. The Morgan fingerprint density at radius 1 is 1.04 bits per heavy atom. The van der Waals surface area contributed by atoms with Crippen molar-refractivity contribution in [2.75, 3.05) is 20.2 Å². The molecule has 0 saturated carbocycles. The summed E-state index contributed by atoms with van der Waals surface area (Å²) in [5.74, 6) is 0.730. The Balaban J connectivity index is 0.00000288. The topological polar surface area (TPSA) is 45.7 Å². The number of aliphatic imine (C=N–C) groups is 1. The predicted octanol–water partition coefficient (Wildman–Crippen LogP) is 3.84. The second-order valence-corrected chi connectivity index (χ2v) is 5.39. The zero-order valence-electron chi connectivity index (χ0n) is 13.7. The highest BCUT2D eigenvalue weighted by molar-refractivity contribution is 14.0. The second-order valence-electron chi connectivity index (χ2n) is 4.98. The van der Waals surface area contributed by atoms with Crippen molar-refractivity contribution in [3.63, 3.8) is 0 Å². The monoisotopic (exact) mass is 459 g/mol. The zero-order valence-corrected chi connectivity index (χ0v) is 16.8. The van der Waals surface area contributed by atoms with Gasteiger partial charge in [-0.2, -0.15) is 0 Å². The summed E-state index contributed by atoms with van der Waals surface area (Å²) < 4.78 is 5.63. The molecule has 24 heavy (non-hydrogen) atoms. The van der Waals surface area contributed by atoms with E-state index in [1.54, 1.807) is 7.05 Å². The quantitative estimate of drug-likeness (QED) is 0.286. The summed E-state index contributed by atoms with van der Waals surface area (Å²) in [5, 5.41) is 7.20. The standard InChI is InChI=1S/C18H22ClN3O.HI/c1-20-18(22-13-16-9-5-6-10-17(16)19)21-11-12-23-14-15-7-3-2-4-8-15;/h2-10H,11-14H2,1H3,(H2,20,21,22);1H. The van der Waals surface area contributed by atoms with Gasteiger partial charge in [-0.15, -0.1) is 24.0 Å². The summed E-state index contributed by atoms with van der Waals surface area (Å²) in [6.07, 6.45) is 0. The van der Waals surface area contributed by atoms with E-state index in [1.165, 1.54) is 5.56 Å². The first-order valence-electron chi connectivity index (χ1n) is 7.59. The van der Waals surface area contributed by atoms with Crippen LogP contribution in [0.15, 0.2) is 59.6 Å². The van der Waals surface area contributed by atoms with Crippen LogP contribution >= 0.6 is 35.6 Å². The third-order valence-corrected chi connectivity index (χ3v) is 3.65. The highest BCUT2D eigenvalue weighted by atomic mass is 127. The molecule has 0 amide bonds. The van der Waals surface area contributed by atoms with Crippen LogP contribution in [0.5, 0.6) is 0 Å². The minimum Gasteiger partial charge on any atom is -0.375 e. The van der Waals surface area contributed by atoms with Crippen LogP contribution in [-0.2, 0) is 17.9 Å². The number of guanidine groups is 1. The van der Waals surface area contributed by atoms with Gasteiger partial charge in [-0.1, -0.05) is 60.1 Å². The smallest absolute Gasteiger partial charge is 0.191 e. The molecular weight excluding hydrogens is 437 g/mol. The molecule has 6 heteroatoms. The maximum absolute atomic E-state index is 6.13. The van der Waals surface area contributed by atoms with Gasteiger partial charge >= 0.3 is 0 Å². The number of halogens is 2. The maximum Gasteiger partial charge on any atom is 0.191 e. The van der Waals surface area contributed by atoms with Gasteiger partial charge in [-0.3, -0.25) is 4.99 Å². The van der Waals surface area contributed by atoms with Gasteiger partial charge in [0.1, 0.15) is 0 Å². The first kappa shape index (κ1) is 20.7. The molecule has 0 unspecified atom stereocenters. The van der Waals surface area contributed by atoms with Crippen molar-refractivity contribution in [1.82, 2.24) is 10.6 Å². The summed E-state index contributed by atoms with van der Waals surface area (Å²) in [4.78, 5) is 4.18. The molecule has 0 atom stereocenters. The Labute approximate surface area is 165 Å². The average molecular weight is 460 g/mol. The third kappa shape index (κ3) is 7.51. The number of rotatable bonds is 7. The molecule has 130 valence electrons. The van der Waals surface area contributed by atoms with E-state index in [1.807, 2.05) is 42.5 Å². The lowest BCUT2D eigenvalue weighted by molar-refractivity contribution is 0.125. The first-order valence-corrected chi connectivity index (χ1v) is 7.97. The van der Waals surface area contributed by atoms with Crippen molar-refractivity contribution >= 4 is 41.5 Å². The SMILES string of the molecule is CN=C(NCCOCc1ccccc1)NCc1ccccc1Cl.I. The molecule has 2 rings (SSSR count). The van der Waals surface area contributed by atoms with Gasteiger partial charge in [0, 0.05) is 25.2 Å². The minimum atomic E-state index is 0. The Hall–Kier alpha value is -1.31. The van der Waals surface area contributed by atoms with Crippen molar-refractivity contribution in [1.29, 1.82) is 0 Å². The van der Waals surface area contributed by atoms with Crippen LogP contribution in [0.3, 0.4) is 0 Å². The van der Waals surface area contributed by atoms with Crippen LogP contribution in [0.25, 0.3) is 0 Å². The number of hydrogen-bond acceptors (Lipinski definition) is 2. The maximum atomic E-state index is 6.13. The minimum absolute atomic E-state index is 0. The molecule has 0 aliphatic carbocycles. The molecule has 2 aromatic rings. The lowest BCUT2D eigenvalue weighted by Crippen LogP contribution is -2.38. The second kappa shape index (κ2) is 12.1. The highest BCUT2D eigenvalue weighted by Crippen LogP contribution is 2.14. The van der Waals surface area contributed by atoms with Gasteiger partial charge in [0.2, 0.25) is 0 Å². The number of nitrogens with zero attached hydrogens (tertiary/aromatic N) is 1. The van der Waals surface area contributed by atoms with Crippen LogP contribution in [0.1, 0.15) is 11.1 Å². The molecule has 0 saturated heterocycles. The number of hydrogen-bond donors (Lipinski definition) is 2. The Morgan fingerprint density at radius 3 is 2.46 bits per heavy atom. The largest absolute Gasteiger partial charge is 0.375 e. The van der Waals surface area contributed by atoms with Crippen molar-refractivity contribution in [3.8, 4) is 0 Å². The van der Waals surface area contributed by atoms with Gasteiger partial charge in [-0.05, 0) is 17.2 Å². The van der Waals surface area contributed by atoms with Crippen molar-refractivity contribution in [2.24, 2.45) is 4.99 Å². The molecule has 0 radical (unpaired) electrons. The Kier molecular flexibility index (Phi) is 10.5. The summed E-state index contributed by atoms with van der Waals surface area (Å²) in [6, 6.07) is 17.9. The Bertz CT molecular complexity index is 623. The van der Waals surface area contributed by atoms with Gasteiger partial charge < -0.3 is 15.4 Å². The van der Waals surface area contributed by atoms with Gasteiger partial charge in [0.15, 0.2) is 5.96 Å². The van der Waals surface area contributed by atoms with E-state index in [9.17, 15) is 0 Å². The fourth-order valence-electron chi connectivity index (χ4n) is 2.05. The first-order chi connectivity index (χ1) is 11.3. The fourth-order valence-corrected chi connectivity index (χ4v) is 2.25. The van der Waals surface area contributed by atoms with Crippen LogP contribution in [0.4, 0.5) is 0 Å². The fraction of sp³-hybridized carbons (Fsp3) is 0.278. The zero-order chi connectivity index (χ0) is 16.3. The van der Waals surface area contributed by atoms with E-state index in [2.05, 4.69) is 27.8 Å². The summed E-state index contributed by atoms with van der Waals surface area (Å²) in [7, 11) is 1.74. The van der Waals surface area contributed by atoms with Crippen LogP contribution < -0.4 is 10.6 Å². The van der Waals surface area contributed by atoms with E-state index < -0.39 is 0 Å².